The third-order valence-corrected chi connectivity index (χ3v) is 18.1. The molecule has 1 aromatic heterocycles. The molecule has 39 nitrogen and oxygen atoms in total. The van der Waals surface area contributed by atoms with Gasteiger partial charge in [-0.1, -0.05) is 13.8 Å². The zero-order chi connectivity index (χ0) is 76.5. The number of nitrogens with zero attached hydrogens (tertiary/aromatic N) is 6. The molecular weight excluding hydrogens is 1370 g/mol. The summed E-state index contributed by atoms with van der Waals surface area (Å²) in [6, 6.07) is -15.4. The molecule has 0 aromatic carbocycles. The van der Waals surface area contributed by atoms with E-state index in [2.05, 4.69) is 67.8 Å². The van der Waals surface area contributed by atoms with Gasteiger partial charge in [0.1, 0.15) is 66.5 Å². The highest BCUT2D eigenvalue weighted by Crippen LogP contribution is 2.24. The van der Waals surface area contributed by atoms with Crippen LogP contribution in [0.15, 0.2) is 22.5 Å². The Labute approximate surface area is 601 Å². The van der Waals surface area contributed by atoms with Crippen molar-refractivity contribution in [2.75, 3.05) is 64.4 Å². The number of aliphatic hydroxyl groups is 1. The lowest BCUT2D eigenvalue weighted by Gasteiger charge is -2.31. The monoisotopic (exact) mass is 1470 g/mol. The summed E-state index contributed by atoms with van der Waals surface area (Å²) in [5.74, 6) is -11.6. The van der Waals surface area contributed by atoms with Crippen LogP contribution in [0.1, 0.15) is 136 Å². The fourth-order valence-electron chi connectivity index (χ4n) is 11.9. The summed E-state index contributed by atoms with van der Waals surface area (Å²) >= 11 is 1.42. The molecule has 1 aromatic rings. The number of aliphatic carboxylic acids is 1. The van der Waals surface area contributed by atoms with Gasteiger partial charge >= 0.3 is 5.97 Å². The average molecular weight is 1470 g/mol. The maximum Gasteiger partial charge on any atom is 0.325 e. The van der Waals surface area contributed by atoms with E-state index in [0.717, 1.165) is 0 Å². The highest BCUT2D eigenvalue weighted by Gasteiger charge is 2.43. The molecule has 40 heteroatoms. The van der Waals surface area contributed by atoms with Crippen molar-refractivity contribution >= 4 is 106 Å². The Balaban J connectivity index is 1.50. The first-order chi connectivity index (χ1) is 48.9. The Kier molecular flexibility index (Phi) is 36.9. The van der Waals surface area contributed by atoms with Crippen LogP contribution < -0.4 is 88.0 Å². The van der Waals surface area contributed by atoms with Crippen LogP contribution >= 0.6 is 11.8 Å². The van der Waals surface area contributed by atoms with E-state index in [1.165, 1.54) is 45.9 Å². The van der Waals surface area contributed by atoms with Crippen LogP contribution in [0.2, 0.25) is 0 Å². The topological polar surface area (TPSA) is 633 Å². The van der Waals surface area contributed by atoms with Crippen LogP contribution in [0.5, 0.6) is 0 Å². The van der Waals surface area contributed by atoms with Gasteiger partial charge in [-0.25, -0.2) is 4.98 Å². The fourth-order valence-corrected chi connectivity index (χ4v) is 12.4. The van der Waals surface area contributed by atoms with E-state index >= 15 is 0 Å². The Morgan fingerprint density at radius 3 is 1.57 bits per heavy atom. The largest absolute Gasteiger partial charge is 0.480 e. The Hall–Kier alpha value is -9.44. The second-order valence-corrected chi connectivity index (χ2v) is 27.0. The van der Waals surface area contributed by atoms with Gasteiger partial charge in [-0.15, -0.1) is 0 Å². The highest BCUT2D eigenvalue weighted by atomic mass is 32.2. The lowest BCUT2D eigenvalue weighted by Crippen LogP contribution is -2.61. The molecule has 3 fully saturated rings. The molecule has 0 spiro atoms. The van der Waals surface area contributed by atoms with Crippen LogP contribution in [0.3, 0.4) is 0 Å². The second-order valence-electron chi connectivity index (χ2n) is 26.0. The summed E-state index contributed by atoms with van der Waals surface area (Å²) in [7, 11) is 0. The summed E-state index contributed by atoms with van der Waals surface area (Å²) in [5, 5.41) is 43.4. The molecule has 4 heterocycles. The van der Waals surface area contributed by atoms with Crippen LogP contribution in [0.25, 0.3) is 0 Å². The van der Waals surface area contributed by atoms with Crippen molar-refractivity contribution in [2.24, 2.45) is 56.0 Å². The predicted octanol–water partition coefficient (Wildman–Crippen LogP) is -7.36. The first-order valence-electron chi connectivity index (χ1n) is 34.7. The number of likely N-dealkylation sites (tertiary alicyclic amines) is 3. The van der Waals surface area contributed by atoms with E-state index < -0.39 is 168 Å². The van der Waals surface area contributed by atoms with Crippen molar-refractivity contribution in [3.05, 3.63) is 18.2 Å². The number of unbranched alkanes of at least 4 members (excludes halogenated alkanes) is 1. The number of carbonyl (C=O) groups excluding carboxylic acids is 13. The number of nitrogens with one attached hydrogen (secondary N) is 10. The molecule has 13 amide bonds. The maximum atomic E-state index is 14.5. The molecule has 0 radical (unpaired) electrons. The SMILES string of the molecule is CSCC[C@H](NC(=O)[C@@H]1CCCN1C(=O)CNC(=O)[C@H](CCCCN)NC(=O)[C@H](Cc1cnc[nH]1)NC(=O)[C@H](CO)NC(=O)[C@H](CC(C)C)NC(=O)[C@H](CCCN=C(N)N)NC(=O)[C@@H]1CCCN1C(=O)[C@H](CCCN=C(N)N)NC(=O)[C@@H](N)CCC(N)=O)C(=O)N1CCC[C@H]1C(=O)N[C@@H](C)C(=O)O. The third-order valence-electron chi connectivity index (χ3n) is 17.4. The van der Waals surface area contributed by atoms with Crippen molar-refractivity contribution in [1.82, 2.24) is 72.5 Å². The summed E-state index contributed by atoms with van der Waals surface area (Å²) in [5.41, 5.74) is 39.5. The lowest BCUT2D eigenvalue weighted by atomic mass is 10.0. The molecule has 3 saturated heterocycles. The van der Waals surface area contributed by atoms with Crippen LogP contribution in [-0.4, -0.2) is 266 Å². The molecule has 0 bridgehead atoms. The number of aliphatic imine (C=N–C) groups is 2. The molecule has 3 aliphatic heterocycles. The molecule has 26 N–H and O–H groups in total. The summed E-state index contributed by atoms with van der Waals surface area (Å²) in [6.07, 6.45) is 6.78. The maximum absolute atomic E-state index is 14.5. The predicted molar refractivity (Wildman–Crippen MR) is 377 cm³/mol. The quantitative estimate of drug-likeness (QED) is 0.0164. The molecule has 4 rings (SSSR count). The number of H-pyrrole nitrogens is 1. The molecule has 12 atom stereocenters. The molecular formula is C63H107N23O16S. The van der Waals surface area contributed by atoms with Crippen molar-refractivity contribution in [3.63, 3.8) is 0 Å². The van der Waals surface area contributed by atoms with Gasteiger partial charge in [-0.2, -0.15) is 11.8 Å². The number of amides is 13. The number of primary amides is 1. The van der Waals surface area contributed by atoms with Gasteiger partial charge in [0.05, 0.1) is 25.5 Å². The van der Waals surface area contributed by atoms with Crippen molar-refractivity contribution in [1.29, 1.82) is 0 Å². The van der Waals surface area contributed by atoms with Crippen molar-refractivity contribution < 1.29 is 77.3 Å². The lowest BCUT2D eigenvalue weighted by molar-refractivity contribution is -0.145. The van der Waals surface area contributed by atoms with E-state index in [9.17, 15) is 77.3 Å². The normalized spacial score (nSPS) is 18.2. The number of carbonyl (C=O) groups is 14. The van der Waals surface area contributed by atoms with Gasteiger partial charge in [0.15, 0.2) is 11.9 Å². The van der Waals surface area contributed by atoms with Gasteiger partial charge in [0, 0.05) is 57.5 Å². The van der Waals surface area contributed by atoms with E-state index in [-0.39, 0.29) is 141 Å². The minimum atomic E-state index is -1.78. The molecule has 3 aliphatic rings. The van der Waals surface area contributed by atoms with E-state index in [4.69, 9.17) is 40.1 Å². The number of carboxylic acids is 1. The Morgan fingerprint density at radius 1 is 0.583 bits per heavy atom. The zero-order valence-corrected chi connectivity index (χ0v) is 59.8. The molecule has 576 valence electrons. The number of hydrogen-bond acceptors (Lipinski definition) is 21. The average Bonchev–Trinajstić information content (AvgIpc) is 1.73. The molecule has 0 unspecified atom stereocenters. The number of nitrogens with two attached hydrogens (primary N) is 7. The fraction of sp³-hybridized carbons (Fsp3) is 0.698. The number of rotatable bonds is 45. The minimum absolute atomic E-state index is 0.00341. The van der Waals surface area contributed by atoms with Gasteiger partial charge in [-0.3, -0.25) is 77.1 Å². The summed E-state index contributed by atoms with van der Waals surface area (Å²) < 4.78 is 0. The first kappa shape index (κ1) is 86.0. The number of thioether (sulfide) groups is 1. The first-order valence-corrected chi connectivity index (χ1v) is 36.1. The second kappa shape index (κ2) is 44.2. The third kappa shape index (κ3) is 28.7. The van der Waals surface area contributed by atoms with Gasteiger partial charge in [-0.05, 0) is 134 Å². The van der Waals surface area contributed by atoms with Gasteiger partial charge in [0.25, 0.3) is 0 Å². The number of hydrogen-bond donors (Lipinski definition) is 19. The van der Waals surface area contributed by atoms with E-state index in [0.29, 0.717) is 43.6 Å². The standard InChI is InChI=1S/C63H107N23O16S/c1-34(2)28-42(81-52(92)39(13-7-22-72-62(67)68)78-58(98)47-17-11-26-86(47)59(99)40(14-8-23-73-63(69)70)79-50(90)37(65)18-19-48(66)88)53(93)83-44(32-87)55(95)82-43(29-36-30-71-33-75-36)54(94)77-38(12-5-6-21-64)51(91)74-31-49(89)84-24-9-15-45(84)57(97)80-41(20-27-103-4)60(100)85-25-10-16-46(85)56(96)76-35(3)61(101)102/h30,33-35,37-47,87H,5-29,31-32,64-65H2,1-4H3,(H2,66,88)(H,71,75)(H,74,91)(H,76,96)(H,77,94)(H,78,98)(H,79,90)(H,80,97)(H,81,92)(H,82,95)(H,83,93)(H,101,102)(H4,67,68,72)(H4,69,70,73)/t35-,37-,38-,39-,40-,41-,42-,43-,44-,45-,46-,47-/m0/s1. The van der Waals surface area contributed by atoms with E-state index in [1.807, 2.05) is 6.26 Å². The van der Waals surface area contributed by atoms with Crippen molar-refractivity contribution in [3.8, 4) is 0 Å². The van der Waals surface area contributed by atoms with Crippen molar-refractivity contribution in [2.45, 2.75) is 209 Å². The van der Waals surface area contributed by atoms with Gasteiger partial charge < -0.3 is 118 Å². The van der Waals surface area contributed by atoms with Crippen LogP contribution in [0.4, 0.5) is 0 Å². The number of guanidine groups is 2. The Morgan fingerprint density at radius 2 is 1.05 bits per heavy atom. The minimum Gasteiger partial charge on any atom is -0.480 e. The summed E-state index contributed by atoms with van der Waals surface area (Å²) in [6.45, 7) is 3.80. The smallest absolute Gasteiger partial charge is 0.325 e. The highest BCUT2D eigenvalue weighted by molar-refractivity contribution is 7.98. The van der Waals surface area contributed by atoms with Gasteiger partial charge in [0.2, 0.25) is 76.8 Å². The number of imidazole rings is 1. The number of aliphatic hydroxyl groups excluding tert-OH is 1. The van der Waals surface area contributed by atoms with Crippen LogP contribution in [-0.2, 0) is 73.5 Å². The molecule has 0 aliphatic carbocycles. The Bertz CT molecular complexity index is 3120. The number of carboxylic acid groups (broad SMARTS) is 1. The van der Waals surface area contributed by atoms with Crippen LogP contribution in [0, 0.1) is 5.92 Å². The zero-order valence-electron chi connectivity index (χ0n) is 59.0. The number of aromatic nitrogens is 2. The van der Waals surface area contributed by atoms with E-state index in [1.54, 1.807) is 13.8 Å². The molecule has 0 saturated carbocycles. The summed E-state index contributed by atoms with van der Waals surface area (Å²) in [4.78, 5) is 210. The molecule has 103 heavy (non-hydrogen) atoms. The number of aromatic amines is 1.